The Bertz CT molecular complexity index is 608. The lowest BCUT2D eigenvalue weighted by Gasteiger charge is -2.27. The largest absolute Gasteiger partial charge is 0.353 e. The number of carbonyl (C=O) groups excluding carboxylic acids is 1. The number of hydrogen-bond acceptors (Lipinski definition) is 5. The molecule has 1 saturated carbocycles. The van der Waals surface area contributed by atoms with Gasteiger partial charge in [-0.15, -0.1) is 10.2 Å². The standard InChI is InChI=1S/C20H35N5OS/c1-15(2)8-7-9-16(3)21-18(26)14-27-20-23-22-19(25(20)17-10-11-17)24-12-5-4-6-13-24/h15-17H,4-14H2,1-3H3,(H,21,26). The SMILES string of the molecule is CC(C)CCCC(C)NC(=O)CSc1nnc(N2CCCCC2)n1C1CC1. The van der Waals surface area contributed by atoms with E-state index in [4.69, 9.17) is 0 Å². The van der Waals surface area contributed by atoms with Crippen molar-refractivity contribution >= 4 is 23.6 Å². The zero-order chi connectivity index (χ0) is 19.2. The summed E-state index contributed by atoms with van der Waals surface area (Å²) in [6.07, 6.45) is 9.61. The van der Waals surface area contributed by atoms with Crippen LogP contribution >= 0.6 is 11.8 Å². The maximum atomic E-state index is 12.3. The van der Waals surface area contributed by atoms with Crippen molar-refractivity contribution in [3.05, 3.63) is 0 Å². The fourth-order valence-corrected chi connectivity index (χ4v) is 4.49. The highest BCUT2D eigenvalue weighted by Crippen LogP contribution is 2.41. The van der Waals surface area contributed by atoms with Gasteiger partial charge in [0.15, 0.2) is 5.16 Å². The number of anilines is 1. The van der Waals surface area contributed by atoms with Crippen LogP contribution in [0.4, 0.5) is 5.95 Å². The molecule has 1 aliphatic carbocycles. The lowest BCUT2D eigenvalue weighted by atomic mass is 10.0. The van der Waals surface area contributed by atoms with Crippen molar-refractivity contribution in [2.45, 2.75) is 89.4 Å². The fourth-order valence-electron chi connectivity index (χ4n) is 3.68. The summed E-state index contributed by atoms with van der Waals surface area (Å²) in [6.45, 7) is 8.74. The molecule has 1 unspecified atom stereocenters. The average Bonchev–Trinajstić information content (AvgIpc) is 3.39. The molecule has 27 heavy (non-hydrogen) atoms. The summed E-state index contributed by atoms with van der Waals surface area (Å²) in [5.41, 5.74) is 0. The van der Waals surface area contributed by atoms with E-state index in [9.17, 15) is 4.79 Å². The fraction of sp³-hybridized carbons (Fsp3) is 0.850. The summed E-state index contributed by atoms with van der Waals surface area (Å²) < 4.78 is 2.29. The molecule has 7 heteroatoms. The Hall–Kier alpha value is -1.24. The van der Waals surface area contributed by atoms with E-state index in [2.05, 4.69) is 45.8 Å². The molecule has 1 aliphatic heterocycles. The summed E-state index contributed by atoms with van der Waals surface area (Å²) in [6, 6.07) is 0.763. The normalized spacial score (nSPS) is 18.7. The summed E-state index contributed by atoms with van der Waals surface area (Å²) in [4.78, 5) is 14.7. The molecule has 1 amide bonds. The number of piperidine rings is 1. The zero-order valence-corrected chi connectivity index (χ0v) is 17.9. The van der Waals surface area contributed by atoms with Crippen molar-refractivity contribution in [1.29, 1.82) is 0 Å². The molecular weight excluding hydrogens is 358 g/mol. The average molecular weight is 394 g/mol. The van der Waals surface area contributed by atoms with Gasteiger partial charge in [-0.05, 0) is 51.4 Å². The quantitative estimate of drug-likeness (QED) is 0.608. The van der Waals surface area contributed by atoms with Gasteiger partial charge in [0.25, 0.3) is 0 Å². The van der Waals surface area contributed by atoms with Gasteiger partial charge in [-0.1, -0.05) is 38.5 Å². The minimum Gasteiger partial charge on any atom is -0.353 e. The first-order valence-electron chi connectivity index (χ1n) is 10.7. The minimum absolute atomic E-state index is 0.0990. The van der Waals surface area contributed by atoms with Gasteiger partial charge in [-0.3, -0.25) is 9.36 Å². The number of nitrogens with zero attached hydrogens (tertiary/aromatic N) is 4. The van der Waals surface area contributed by atoms with E-state index >= 15 is 0 Å². The summed E-state index contributed by atoms with van der Waals surface area (Å²) >= 11 is 1.53. The molecule has 0 spiro atoms. The van der Waals surface area contributed by atoms with Gasteiger partial charge >= 0.3 is 0 Å². The van der Waals surface area contributed by atoms with Crippen molar-refractivity contribution in [2.24, 2.45) is 5.92 Å². The molecule has 2 aliphatic rings. The smallest absolute Gasteiger partial charge is 0.230 e. The Morgan fingerprint density at radius 3 is 2.56 bits per heavy atom. The molecule has 1 saturated heterocycles. The molecule has 0 radical (unpaired) electrons. The Morgan fingerprint density at radius 1 is 1.15 bits per heavy atom. The van der Waals surface area contributed by atoms with Crippen molar-refractivity contribution < 1.29 is 4.79 Å². The first-order valence-corrected chi connectivity index (χ1v) is 11.6. The van der Waals surface area contributed by atoms with Crippen LogP contribution in [0.15, 0.2) is 5.16 Å². The van der Waals surface area contributed by atoms with Crippen LogP contribution in [-0.4, -0.2) is 45.6 Å². The van der Waals surface area contributed by atoms with Crippen LogP contribution < -0.4 is 10.2 Å². The molecule has 6 nitrogen and oxygen atoms in total. The van der Waals surface area contributed by atoms with Crippen molar-refractivity contribution in [2.75, 3.05) is 23.7 Å². The predicted octanol–water partition coefficient (Wildman–Crippen LogP) is 4.03. The molecular formula is C20H35N5OS. The van der Waals surface area contributed by atoms with E-state index in [1.807, 2.05) is 0 Å². The number of aromatic nitrogens is 3. The molecule has 2 heterocycles. The van der Waals surface area contributed by atoms with Crippen LogP contribution in [0.5, 0.6) is 0 Å². The van der Waals surface area contributed by atoms with Crippen LogP contribution in [0.1, 0.15) is 78.2 Å². The van der Waals surface area contributed by atoms with Crippen LogP contribution in [0, 0.1) is 5.92 Å². The lowest BCUT2D eigenvalue weighted by Crippen LogP contribution is -2.34. The molecule has 1 N–H and O–H groups in total. The number of hydrogen-bond donors (Lipinski definition) is 1. The first kappa shape index (κ1) is 20.5. The van der Waals surface area contributed by atoms with Crippen molar-refractivity contribution in [3.63, 3.8) is 0 Å². The zero-order valence-electron chi connectivity index (χ0n) is 17.1. The summed E-state index contributed by atoms with van der Waals surface area (Å²) in [5.74, 6) is 2.26. The number of carbonyl (C=O) groups is 1. The maximum Gasteiger partial charge on any atom is 0.230 e. The third-order valence-corrected chi connectivity index (χ3v) is 6.30. The molecule has 0 aromatic carbocycles. The summed E-state index contributed by atoms with van der Waals surface area (Å²) in [7, 11) is 0. The number of rotatable bonds is 10. The van der Waals surface area contributed by atoms with Gasteiger partial charge in [0.1, 0.15) is 0 Å². The predicted molar refractivity (Wildman–Crippen MR) is 111 cm³/mol. The van der Waals surface area contributed by atoms with E-state index in [1.165, 1.54) is 56.7 Å². The lowest BCUT2D eigenvalue weighted by molar-refractivity contribution is -0.119. The highest BCUT2D eigenvalue weighted by atomic mass is 32.2. The van der Waals surface area contributed by atoms with E-state index in [-0.39, 0.29) is 11.9 Å². The molecule has 1 atom stereocenters. The van der Waals surface area contributed by atoms with Crippen molar-refractivity contribution in [1.82, 2.24) is 20.1 Å². The number of amides is 1. The topological polar surface area (TPSA) is 63.1 Å². The van der Waals surface area contributed by atoms with Crippen molar-refractivity contribution in [3.8, 4) is 0 Å². The van der Waals surface area contributed by atoms with Gasteiger partial charge < -0.3 is 10.2 Å². The summed E-state index contributed by atoms with van der Waals surface area (Å²) in [5, 5.41) is 12.9. The third kappa shape index (κ3) is 6.13. The van der Waals surface area contributed by atoms with Gasteiger partial charge in [-0.2, -0.15) is 0 Å². The monoisotopic (exact) mass is 393 g/mol. The molecule has 1 aromatic rings. The van der Waals surface area contributed by atoms with Crippen LogP contribution in [-0.2, 0) is 4.79 Å². The second kappa shape index (κ2) is 9.80. The molecule has 0 bridgehead atoms. The Kier molecular flexibility index (Phi) is 7.44. The van der Waals surface area contributed by atoms with E-state index < -0.39 is 0 Å². The number of nitrogens with one attached hydrogen (secondary N) is 1. The highest BCUT2D eigenvalue weighted by Gasteiger charge is 2.32. The van der Waals surface area contributed by atoms with Gasteiger partial charge in [0.2, 0.25) is 11.9 Å². The Morgan fingerprint density at radius 2 is 1.89 bits per heavy atom. The van der Waals surface area contributed by atoms with E-state index in [0.29, 0.717) is 11.8 Å². The number of thioether (sulfide) groups is 1. The molecule has 3 rings (SSSR count). The minimum atomic E-state index is 0.0990. The third-order valence-electron chi connectivity index (χ3n) is 5.36. The van der Waals surface area contributed by atoms with E-state index in [1.54, 1.807) is 0 Å². The van der Waals surface area contributed by atoms with Gasteiger partial charge in [-0.25, -0.2) is 0 Å². The van der Waals surface area contributed by atoms with E-state index in [0.717, 1.165) is 36.5 Å². The second-order valence-corrected chi connectivity index (χ2v) is 9.46. The highest BCUT2D eigenvalue weighted by molar-refractivity contribution is 7.99. The maximum absolute atomic E-state index is 12.3. The molecule has 2 fully saturated rings. The Labute approximate surface area is 167 Å². The Balaban J connectivity index is 1.50. The van der Waals surface area contributed by atoms with Gasteiger partial charge in [0, 0.05) is 25.2 Å². The van der Waals surface area contributed by atoms with Crippen LogP contribution in [0.3, 0.4) is 0 Å². The molecule has 152 valence electrons. The molecule has 1 aromatic heterocycles. The second-order valence-electron chi connectivity index (χ2n) is 8.51. The van der Waals surface area contributed by atoms with Crippen LogP contribution in [0.2, 0.25) is 0 Å². The van der Waals surface area contributed by atoms with Crippen LogP contribution in [0.25, 0.3) is 0 Å². The van der Waals surface area contributed by atoms with Gasteiger partial charge in [0.05, 0.1) is 5.75 Å². The first-order chi connectivity index (χ1) is 13.0.